The van der Waals surface area contributed by atoms with Crippen molar-refractivity contribution in [3.63, 3.8) is 0 Å². The van der Waals surface area contributed by atoms with E-state index in [9.17, 15) is 14.9 Å². The van der Waals surface area contributed by atoms with Crippen molar-refractivity contribution in [1.29, 1.82) is 0 Å². The third-order valence-electron chi connectivity index (χ3n) is 6.24. The second kappa shape index (κ2) is 10.5. The first kappa shape index (κ1) is 24.6. The molecule has 0 saturated carbocycles. The maximum atomic E-state index is 13.4. The molecule has 37 heavy (non-hydrogen) atoms. The minimum Gasteiger partial charge on any atom is -0.342 e. The van der Waals surface area contributed by atoms with E-state index in [0.29, 0.717) is 29.7 Å². The van der Waals surface area contributed by atoms with Crippen molar-refractivity contribution >= 4 is 49.6 Å². The molecule has 9 heteroatoms. The summed E-state index contributed by atoms with van der Waals surface area (Å²) >= 11 is 3.44. The summed E-state index contributed by atoms with van der Waals surface area (Å²) in [4.78, 5) is 29.0. The highest BCUT2D eigenvalue weighted by molar-refractivity contribution is 9.10. The maximum absolute atomic E-state index is 13.4. The number of hydrogen-bond donors (Lipinski definition) is 0. The molecule has 0 aliphatic heterocycles. The largest absolute Gasteiger partial charge is 0.342 e. The number of para-hydroxylation sites is 1. The highest BCUT2D eigenvalue weighted by Crippen LogP contribution is 2.23. The predicted octanol–water partition coefficient (Wildman–Crippen LogP) is 6.30. The lowest BCUT2D eigenvalue weighted by atomic mass is 10.2. The molecule has 2 heterocycles. The highest BCUT2D eigenvalue weighted by Gasteiger charge is 2.13. The maximum Gasteiger partial charge on any atom is 0.282 e. The number of unbranched alkanes of at least 4 members (excludes halogenated alkanes) is 1. The van der Waals surface area contributed by atoms with Crippen molar-refractivity contribution in [1.82, 2.24) is 14.2 Å². The van der Waals surface area contributed by atoms with Crippen molar-refractivity contribution in [3.8, 4) is 0 Å². The monoisotopic (exact) mass is 557 g/mol. The highest BCUT2D eigenvalue weighted by atomic mass is 79.9. The second-order valence-electron chi connectivity index (χ2n) is 8.81. The molecule has 0 N–H and O–H groups in total. The average Bonchev–Trinajstić information content (AvgIpc) is 3.24. The standard InChI is InChI=1S/C28H24BrN5O3/c1-2-3-11-27-31-25-13-12-21(29)15-24(25)28(35)33(27)30-16-20-18-32(26-10-5-4-9-23(20)26)17-19-7-6-8-22(14-19)34(36)37/h4-10,12-16,18H,2-3,11,17H2,1H3. The Morgan fingerprint density at radius 1 is 1.08 bits per heavy atom. The molecule has 0 amide bonds. The van der Waals surface area contributed by atoms with Crippen LogP contribution in [0.3, 0.4) is 0 Å². The van der Waals surface area contributed by atoms with E-state index < -0.39 is 0 Å². The molecule has 8 nitrogen and oxygen atoms in total. The number of fused-ring (bicyclic) bond motifs is 2. The van der Waals surface area contributed by atoms with E-state index in [1.165, 1.54) is 10.7 Å². The van der Waals surface area contributed by atoms with Crippen LogP contribution in [0, 0.1) is 10.1 Å². The van der Waals surface area contributed by atoms with E-state index in [1.54, 1.807) is 24.4 Å². The Labute approximate surface area is 221 Å². The quantitative estimate of drug-likeness (QED) is 0.127. The SMILES string of the molecule is CCCCc1nc2ccc(Br)cc2c(=O)n1N=Cc1cn(Cc2cccc([N+](=O)[O-])c2)c2ccccc12. The van der Waals surface area contributed by atoms with Gasteiger partial charge in [-0.3, -0.25) is 14.9 Å². The van der Waals surface area contributed by atoms with Gasteiger partial charge in [0, 0.05) is 52.2 Å². The van der Waals surface area contributed by atoms with Crippen molar-refractivity contribution < 1.29 is 4.92 Å². The molecular formula is C28H24BrN5O3. The summed E-state index contributed by atoms with van der Waals surface area (Å²) in [7, 11) is 0. The molecule has 0 saturated heterocycles. The zero-order valence-corrected chi connectivity index (χ0v) is 21.8. The van der Waals surface area contributed by atoms with Crippen LogP contribution >= 0.6 is 15.9 Å². The number of nitrogens with zero attached hydrogens (tertiary/aromatic N) is 5. The fourth-order valence-corrected chi connectivity index (χ4v) is 4.77. The molecule has 186 valence electrons. The van der Waals surface area contributed by atoms with Crippen LogP contribution in [0.4, 0.5) is 5.69 Å². The summed E-state index contributed by atoms with van der Waals surface area (Å²) in [5.74, 6) is 0.623. The summed E-state index contributed by atoms with van der Waals surface area (Å²) in [6.07, 6.45) is 6.16. The Morgan fingerprint density at radius 3 is 2.73 bits per heavy atom. The zero-order valence-electron chi connectivity index (χ0n) is 20.2. The van der Waals surface area contributed by atoms with Crippen LogP contribution in [0.5, 0.6) is 0 Å². The lowest BCUT2D eigenvalue weighted by molar-refractivity contribution is -0.384. The first-order valence-electron chi connectivity index (χ1n) is 12.0. The van der Waals surface area contributed by atoms with Gasteiger partial charge in [0.05, 0.1) is 22.0 Å². The fraction of sp³-hybridized carbons (Fsp3) is 0.179. The third kappa shape index (κ3) is 5.08. The van der Waals surface area contributed by atoms with Crippen LogP contribution in [-0.2, 0) is 13.0 Å². The zero-order chi connectivity index (χ0) is 25.9. The van der Waals surface area contributed by atoms with Crippen molar-refractivity contribution in [2.24, 2.45) is 5.10 Å². The Balaban J connectivity index is 1.58. The van der Waals surface area contributed by atoms with Crippen LogP contribution in [-0.4, -0.2) is 25.4 Å². The van der Waals surface area contributed by atoms with E-state index in [1.807, 2.05) is 53.2 Å². The van der Waals surface area contributed by atoms with E-state index in [-0.39, 0.29) is 16.2 Å². The van der Waals surface area contributed by atoms with Crippen molar-refractivity contribution in [2.75, 3.05) is 0 Å². The van der Waals surface area contributed by atoms with Gasteiger partial charge >= 0.3 is 0 Å². The van der Waals surface area contributed by atoms with Gasteiger partial charge in [-0.15, -0.1) is 0 Å². The molecule has 0 atom stereocenters. The summed E-state index contributed by atoms with van der Waals surface area (Å²) in [5, 5.41) is 17.3. The Hall–Kier alpha value is -4.11. The van der Waals surface area contributed by atoms with Gasteiger partial charge in [0.15, 0.2) is 0 Å². The van der Waals surface area contributed by atoms with Gasteiger partial charge in [0.1, 0.15) is 5.82 Å². The van der Waals surface area contributed by atoms with E-state index in [0.717, 1.165) is 39.3 Å². The molecule has 2 aromatic heterocycles. The van der Waals surface area contributed by atoms with Gasteiger partial charge in [-0.25, -0.2) is 4.98 Å². The molecule has 0 aliphatic carbocycles. The Bertz CT molecular complexity index is 1720. The number of rotatable bonds is 8. The minimum atomic E-state index is -0.390. The number of aromatic nitrogens is 3. The van der Waals surface area contributed by atoms with E-state index in [4.69, 9.17) is 4.98 Å². The summed E-state index contributed by atoms with van der Waals surface area (Å²) < 4.78 is 4.24. The molecule has 0 spiro atoms. The number of benzene rings is 3. The number of halogens is 1. The minimum absolute atomic E-state index is 0.0603. The van der Waals surface area contributed by atoms with Crippen molar-refractivity contribution in [2.45, 2.75) is 32.7 Å². The first-order chi connectivity index (χ1) is 17.9. The van der Waals surface area contributed by atoms with Gasteiger partial charge in [-0.05, 0) is 36.2 Å². The van der Waals surface area contributed by atoms with Gasteiger partial charge in [-0.2, -0.15) is 9.78 Å². The smallest absolute Gasteiger partial charge is 0.282 e. The first-order valence-corrected chi connectivity index (χ1v) is 12.8. The molecule has 3 aromatic carbocycles. The molecule has 0 unspecified atom stereocenters. The molecule has 5 rings (SSSR count). The lowest BCUT2D eigenvalue weighted by Crippen LogP contribution is -2.22. The third-order valence-corrected chi connectivity index (χ3v) is 6.73. The van der Waals surface area contributed by atoms with Crippen LogP contribution in [0.15, 0.2) is 87.3 Å². The number of hydrogen-bond acceptors (Lipinski definition) is 5. The summed E-state index contributed by atoms with van der Waals surface area (Å²) in [6, 6.07) is 20.0. The summed E-state index contributed by atoms with van der Waals surface area (Å²) in [5.41, 5.74) is 3.12. The van der Waals surface area contributed by atoms with Gasteiger partial charge in [0.25, 0.3) is 11.2 Å². The number of nitro benzene ring substituents is 1. The molecule has 0 radical (unpaired) electrons. The molecule has 0 fully saturated rings. The topological polar surface area (TPSA) is 95.3 Å². The van der Waals surface area contributed by atoms with Crippen LogP contribution in [0.25, 0.3) is 21.8 Å². The molecule has 0 aliphatic rings. The van der Waals surface area contributed by atoms with Gasteiger partial charge < -0.3 is 4.57 Å². The van der Waals surface area contributed by atoms with Crippen LogP contribution in [0.1, 0.15) is 36.7 Å². The predicted molar refractivity (Wildman–Crippen MR) is 149 cm³/mol. The van der Waals surface area contributed by atoms with E-state index >= 15 is 0 Å². The van der Waals surface area contributed by atoms with Crippen LogP contribution < -0.4 is 5.56 Å². The van der Waals surface area contributed by atoms with E-state index in [2.05, 4.69) is 28.0 Å². The number of non-ortho nitro benzene ring substituents is 1. The second-order valence-corrected chi connectivity index (χ2v) is 9.73. The number of aryl methyl sites for hydroxylation is 1. The summed E-state index contributed by atoms with van der Waals surface area (Å²) in [6.45, 7) is 2.56. The van der Waals surface area contributed by atoms with Gasteiger partial charge in [-0.1, -0.05) is 59.6 Å². The fourth-order valence-electron chi connectivity index (χ4n) is 4.40. The normalized spacial score (nSPS) is 11.6. The number of nitro groups is 1. The van der Waals surface area contributed by atoms with Crippen molar-refractivity contribution in [3.05, 3.63) is 115 Å². The Morgan fingerprint density at radius 2 is 1.92 bits per heavy atom. The average molecular weight is 558 g/mol. The Kier molecular flexibility index (Phi) is 6.96. The van der Waals surface area contributed by atoms with Gasteiger partial charge in [0.2, 0.25) is 0 Å². The lowest BCUT2D eigenvalue weighted by Gasteiger charge is -2.09. The van der Waals surface area contributed by atoms with Crippen LogP contribution in [0.2, 0.25) is 0 Å². The molecular weight excluding hydrogens is 534 g/mol. The molecule has 0 bridgehead atoms. The molecule has 5 aromatic rings.